The number of benzene rings is 1. The number of aryl methyl sites for hydroxylation is 1. The first-order valence-electron chi connectivity index (χ1n) is 10.8. The fourth-order valence-electron chi connectivity index (χ4n) is 3.07. The molecule has 0 bridgehead atoms. The van der Waals surface area contributed by atoms with E-state index >= 15 is 0 Å². The van der Waals surface area contributed by atoms with Crippen molar-refractivity contribution in [3.05, 3.63) is 65.2 Å². The fraction of sp³-hybridized carbons (Fsp3) is 0.348. The summed E-state index contributed by atoms with van der Waals surface area (Å²) in [6, 6.07) is 8.76. The monoisotopic (exact) mass is 481 g/mol. The Balaban J connectivity index is 1.63. The number of imidazole rings is 1. The highest BCUT2D eigenvalue weighted by Crippen LogP contribution is 2.24. The smallest absolute Gasteiger partial charge is 0.324 e. The first-order valence-corrected chi connectivity index (χ1v) is 11.7. The van der Waals surface area contributed by atoms with Gasteiger partial charge in [0.1, 0.15) is 4.88 Å². The van der Waals surface area contributed by atoms with E-state index in [1.165, 1.54) is 11.1 Å². The predicted octanol–water partition coefficient (Wildman–Crippen LogP) is 2.78. The summed E-state index contributed by atoms with van der Waals surface area (Å²) in [5.74, 6) is -0.229. The lowest BCUT2D eigenvalue weighted by atomic mass is 10.1. The van der Waals surface area contributed by atoms with Gasteiger partial charge in [0, 0.05) is 45.7 Å². The Morgan fingerprint density at radius 2 is 2.00 bits per heavy atom. The highest BCUT2D eigenvalue weighted by molar-refractivity contribution is 7.17. The molecule has 0 aliphatic heterocycles. The number of ether oxygens (including phenoxy) is 1. The van der Waals surface area contributed by atoms with Gasteiger partial charge in [-0.25, -0.2) is 14.8 Å². The van der Waals surface area contributed by atoms with Crippen LogP contribution in [-0.2, 0) is 17.8 Å². The molecule has 34 heavy (non-hydrogen) atoms. The number of nitrogens with one attached hydrogen (secondary N) is 2. The minimum atomic E-state index is -0.317. The van der Waals surface area contributed by atoms with E-state index in [9.17, 15) is 9.59 Å². The Morgan fingerprint density at radius 3 is 2.71 bits per heavy atom. The number of hydrogen-bond donors (Lipinski definition) is 2. The van der Waals surface area contributed by atoms with Crippen LogP contribution in [0, 0.1) is 11.3 Å². The van der Waals surface area contributed by atoms with Crippen molar-refractivity contribution in [2.45, 2.75) is 25.9 Å². The summed E-state index contributed by atoms with van der Waals surface area (Å²) in [4.78, 5) is 35.7. The van der Waals surface area contributed by atoms with E-state index in [0.29, 0.717) is 41.7 Å². The number of methoxy groups -OCH3 is 1. The van der Waals surface area contributed by atoms with Crippen molar-refractivity contribution in [2.24, 2.45) is 0 Å². The summed E-state index contributed by atoms with van der Waals surface area (Å²) >= 11 is 1.15. The Kier molecular flexibility index (Phi) is 9.57. The number of carbonyl (C=O) groups is 2. The van der Waals surface area contributed by atoms with E-state index in [0.717, 1.165) is 29.9 Å². The van der Waals surface area contributed by atoms with Gasteiger partial charge in [-0.2, -0.15) is 5.26 Å². The van der Waals surface area contributed by atoms with E-state index in [4.69, 9.17) is 10.00 Å². The van der Waals surface area contributed by atoms with Gasteiger partial charge in [0.15, 0.2) is 5.13 Å². The molecular weight excluding hydrogens is 454 g/mol. The summed E-state index contributed by atoms with van der Waals surface area (Å²) in [5, 5.41) is 15.2. The zero-order valence-corrected chi connectivity index (χ0v) is 19.8. The topological polar surface area (TPSA) is 125 Å². The number of carbonyl (C=O) groups excluding carboxylic acids is 2. The van der Waals surface area contributed by atoms with Crippen molar-refractivity contribution in [3.8, 4) is 6.07 Å². The van der Waals surface area contributed by atoms with Crippen LogP contribution >= 0.6 is 11.3 Å². The zero-order valence-electron chi connectivity index (χ0n) is 18.9. The van der Waals surface area contributed by atoms with Crippen LogP contribution in [0.15, 0.2) is 49.2 Å². The lowest BCUT2D eigenvalue weighted by molar-refractivity contribution is 0.0956. The molecule has 2 N–H and O–H groups in total. The number of thiazole rings is 1. The van der Waals surface area contributed by atoms with Crippen LogP contribution in [0.2, 0.25) is 0 Å². The maximum absolute atomic E-state index is 12.9. The number of anilines is 1. The molecule has 0 aliphatic rings. The number of urea groups is 1. The van der Waals surface area contributed by atoms with Crippen molar-refractivity contribution in [1.29, 1.82) is 5.26 Å². The van der Waals surface area contributed by atoms with Gasteiger partial charge in [-0.05, 0) is 30.5 Å². The molecule has 0 radical (unpaired) electrons. The third kappa shape index (κ3) is 7.40. The molecule has 0 aliphatic carbocycles. The second kappa shape index (κ2) is 13.1. The lowest BCUT2D eigenvalue weighted by Crippen LogP contribution is -2.40. The second-order valence-corrected chi connectivity index (χ2v) is 8.40. The first kappa shape index (κ1) is 24.9. The molecule has 3 rings (SSSR count). The molecule has 1 aromatic carbocycles. The average Bonchev–Trinajstić information content (AvgIpc) is 3.56. The summed E-state index contributed by atoms with van der Waals surface area (Å²) in [5.41, 5.74) is 1.38. The Morgan fingerprint density at radius 1 is 1.21 bits per heavy atom. The highest BCUT2D eigenvalue weighted by Gasteiger charge is 2.21. The number of amides is 3. The van der Waals surface area contributed by atoms with E-state index in [2.05, 4.69) is 26.7 Å². The van der Waals surface area contributed by atoms with Crippen molar-refractivity contribution >= 4 is 28.4 Å². The third-order valence-corrected chi connectivity index (χ3v) is 5.88. The lowest BCUT2D eigenvalue weighted by Gasteiger charge is -2.20. The Bertz CT molecular complexity index is 1090. The molecule has 3 aromatic rings. The van der Waals surface area contributed by atoms with Gasteiger partial charge in [-0.3, -0.25) is 9.69 Å². The molecule has 3 amide bonds. The Hall–Kier alpha value is -3.75. The molecule has 2 heterocycles. The Labute approximate surface area is 202 Å². The minimum absolute atomic E-state index is 0.229. The van der Waals surface area contributed by atoms with E-state index < -0.39 is 0 Å². The molecule has 0 spiro atoms. The van der Waals surface area contributed by atoms with E-state index in [-0.39, 0.29) is 18.5 Å². The van der Waals surface area contributed by atoms with Gasteiger partial charge in [0.25, 0.3) is 5.91 Å². The largest absolute Gasteiger partial charge is 0.385 e. The van der Waals surface area contributed by atoms with Gasteiger partial charge >= 0.3 is 6.03 Å². The number of nitrogens with zero attached hydrogens (tertiary/aromatic N) is 5. The molecule has 0 saturated heterocycles. The summed E-state index contributed by atoms with van der Waals surface area (Å²) in [6.45, 7) is 2.51. The number of rotatable bonds is 12. The standard InChI is InChI=1S/C23H27N7O3S/c1-33-13-3-9-27-22(32)30(16-19-6-4-18(14-24)5-7-19)23-28-15-20(34-23)21(31)26-8-2-11-29-12-10-25-17-29/h4-7,10,12,15,17H,2-3,8-9,11,13,16H2,1H3,(H,26,31)(H,27,32). The molecule has 10 nitrogen and oxygen atoms in total. The summed E-state index contributed by atoms with van der Waals surface area (Å²) in [7, 11) is 1.61. The molecule has 11 heteroatoms. The van der Waals surface area contributed by atoms with Crippen LogP contribution in [-0.4, -0.2) is 53.3 Å². The summed E-state index contributed by atoms with van der Waals surface area (Å²) in [6.07, 6.45) is 8.25. The van der Waals surface area contributed by atoms with Crippen molar-refractivity contribution in [2.75, 3.05) is 31.7 Å². The molecular formula is C23H27N7O3S. The highest BCUT2D eigenvalue weighted by atomic mass is 32.1. The van der Waals surface area contributed by atoms with Crippen LogP contribution in [0.5, 0.6) is 0 Å². The normalized spacial score (nSPS) is 10.5. The third-order valence-electron chi connectivity index (χ3n) is 4.86. The van der Waals surface area contributed by atoms with Gasteiger partial charge < -0.3 is 19.9 Å². The van der Waals surface area contributed by atoms with E-state index in [1.807, 2.05) is 10.8 Å². The van der Waals surface area contributed by atoms with Crippen molar-refractivity contribution in [1.82, 2.24) is 25.2 Å². The zero-order chi connectivity index (χ0) is 24.2. The van der Waals surface area contributed by atoms with E-state index in [1.54, 1.807) is 43.9 Å². The van der Waals surface area contributed by atoms with Crippen LogP contribution in [0.4, 0.5) is 9.93 Å². The number of nitriles is 1. The van der Waals surface area contributed by atoms with Crippen LogP contribution < -0.4 is 15.5 Å². The number of hydrogen-bond acceptors (Lipinski definition) is 7. The molecule has 0 unspecified atom stereocenters. The maximum atomic E-state index is 12.9. The van der Waals surface area contributed by atoms with Crippen LogP contribution in [0.25, 0.3) is 0 Å². The molecule has 0 saturated carbocycles. The molecule has 178 valence electrons. The molecule has 0 fully saturated rings. The van der Waals surface area contributed by atoms with Crippen molar-refractivity contribution < 1.29 is 14.3 Å². The van der Waals surface area contributed by atoms with Gasteiger partial charge in [-0.15, -0.1) is 0 Å². The second-order valence-electron chi connectivity index (χ2n) is 7.39. The SMILES string of the molecule is COCCCNC(=O)N(Cc1ccc(C#N)cc1)c1ncc(C(=O)NCCCn2ccnc2)s1. The average molecular weight is 482 g/mol. The molecule has 0 atom stereocenters. The summed E-state index contributed by atoms with van der Waals surface area (Å²) < 4.78 is 6.97. The minimum Gasteiger partial charge on any atom is -0.385 e. The van der Waals surface area contributed by atoms with Crippen LogP contribution in [0.3, 0.4) is 0 Å². The van der Waals surface area contributed by atoms with Gasteiger partial charge in [0.05, 0.1) is 30.7 Å². The fourth-order valence-corrected chi connectivity index (χ4v) is 3.90. The van der Waals surface area contributed by atoms with Gasteiger partial charge in [0.2, 0.25) is 0 Å². The quantitative estimate of drug-likeness (QED) is 0.383. The van der Waals surface area contributed by atoms with Gasteiger partial charge in [-0.1, -0.05) is 23.5 Å². The molecule has 2 aromatic heterocycles. The predicted molar refractivity (Wildman–Crippen MR) is 129 cm³/mol. The number of aromatic nitrogens is 3. The maximum Gasteiger partial charge on any atom is 0.324 e. The van der Waals surface area contributed by atoms with Crippen molar-refractivity contribution in [3.63, 3.8) is 0 Å². The van der Waals surface area contributed by atoms with Crippen LogP contribution in [0.1, 0.15) is 33.6 Å². The first-order chi connectivity index (χ1) is 16.6.